The Kier molecular flexibility index (Phi) is 4.28. The van der Waals surface area contributed by atoms with E-state index in [0.717, 1.165) is 11.3 Å². The lowest BCUT2D eigenvalue weighted by Crippen LogP contribution is -2.12. The number of carbonyl (C=O) groups excluding carboxylic acids is 1. The molecule has 0 saturated carbocycles. The van der Waals surface area contributed by atoms with Gasteiger partial charge in [0.25, 0.3) is 5.91 Å². The molecule has 0 radical (unpaired) electrons. The van der Waals surface area contributed by atoms with Crippen LogP contribution in [-0.2, 0) is 0 Å². The summed E-state index contributed by atoms with van der Waals surface area (Å²) >= 11 is 1.27. The summed E-state index contributed by atoms with van der Waals surface area (Å²) in [6.07, 6.45) is 1.74. The molecule has 0 bridgehead atoms. The second-order valence-corrected chi connectivity index (χ2v) is 6.57. The monoisotopic (exact) mass is 361 g/mol. The van der Waals surface area contributed by atoms with Crippen LogP contribution in [0.5, 0.6) is 0 Å². The average molecular weight is 361 g/mol. The van der Waals surface area contributed by atoms with Crippen LogP contribution in [0.4, 0.5) is 5.13 Å². The van der Waals surface area contributed by atoms with E-state index in [-0.39, 0.29) is 5.91 Å². The largest absolute Gasteiger partial charge is 0.296 e. The first-order valence-electron chi connectivity index (χ1n) is 8.00. The molecule has 1 N–H and O–H groups in total. The normalized spacial score (nSPS) is 10.7. The van der Waals surface area contributed by atoms with Crippen LogP contribution in [0.2, 0.25) is 0 Å². The Morgan fingerprint density at radius 3 is 2.54 bits per heavy atom. The molecule has 128 valence electrons. The fourth-order valence-electron chi connectivity index (χ4n) is 2.57. The van der Waals surface area contributed by atoms with Gasteiger partial charge in [-0.1, -0.05) is 59.4 Å². The number of aryl methyl sites for hydroxylation is 1. The molecule has 6 nitrogen and oxygen atoms in total. The molecule has 0 unspecified atom stereocenters. The van der Waals surface area contributed by atoms with Crippen LogP contribution in [0.3, 0.4) is 0 Å². The molecule has 4 aromatic rings. The lowest BCUT2D eigenvalue weighted by Gasteiger charge is -2.02. The van der Waals surface area contributed by atoms with Crippen molar-refractivity contribution < 1.29 is 4.79 Å². The molecule has 0 aliphatic carbocycles. The van der Waals surface area contributed by atoms with Gasteiger partial charge in [-0.15, -0.1) is 10.2 Å². The van der Waals surface area contributed by atoms with Gasteiger partial charge in [-0.3, -0.25) is 10.1 Å². The minimum atomic E-state index is -0.265. The number of anilines is 1. The average Bonchev–Trinajstić information content (AvgIpc) is 3.33. The maximum absolute atomic E-state index is 12.8. The second-order valence-electron chi connectivity index (χ2n) is 5.74. The van der Waals surface area contributed by atoms with Gasteiger partial charge in [0, 0.05) is 11.8 Å². The van der Waals surface area contributed by atoms with Crippen LogP contribution in [0.25, 0.3) is 16.9 Å². The number of nitrogens with zero attached hydrogens (tertiary/aromatic N) is 4. The molecule has 0 aliphatic heterocycles. The van der Waals surface area contributed by atoms with E-state index in [1.165, 1.54) is 16.9 Å². The first-order valence-corrected chi connectivity index (χ1v) is 8.88. The van der Waals surface area contributed by atoms with Crippen LogP contribution >= 0.6 is 11.3 Å². The van der Waals surface area contributed by atoms with Crippen molar-refractivity contribution in [2.75, 3.05) is 5.32 Å². The van der Waals surface area contributed by atoms with Crippen molar-refractivity contribution in [3.05, 3.63) is 77.4 Å². The number of aromatic nitrogens is 4. The standard InChI is InChI=1S/C19H15N5OS/c1-13-7-9-15(10-8-13)24-11-16(18(25)21-19-22-20-12-26-19)17(23-24)14-5-3-2-4-6-14/h2-12H,1H3,(H,21,22,25). The first-order chi connectivity index (χ1) is 12.7. The van der Waals surface area contributed by atoms with E-state index in [1.807, 2.05) is 61.5 Å². The van der Waals surface area contributed by atoms with Gasteiger partial charge in [-0.25, -0.2) is 4.68 Å². The van der Waals surface area contributed by atoms with Gasteiger partial charge in [0.1, 0.15) is 11.2 Å². The molecular weight excluding hydrogens is 346 g/mol. The summed E-state index contributed by atoms with van der Waals surface area (Å²) in [5.74, 6) is -0.265. The number of hydrogen-bond acceptors (Lipinski definition) is 5. The summed E-state index contributed by atoms with van der Waals surface area (Å²) in [5, 5.41) is 15.5. The highest BCUT2D eigenvalue weighted by Gasteiger charge is 2.19. The minimum absolute atomic E-state index is 0.265. The minimum Gasteiger partial charge on any atom is -0.296 e. The zero-order valence-electron chi connectivity index (χ0n) is 14.0. The Morgan fingerprint density at radius 2 is 1.85 bits per heavy atom. The SMILES string of the molecule is Cc1ccc(-n2cc(C(=O)Nc3nncs3)c(-c3ccccc3)n2)cc1. The Morgan fingerprint density at radius 1 is 1.08 bits per heavy atom. The summed E-state index contributed by atoms with van der Waals surface area (Å²) in [6, 6.07) is 17.6. The van der Waals surface area contributed by atoms with E-state index in [1.54, 1.807) is 16.4 Å². The summed E-state index contributed by atoms with van der Waals surface area (Å²) in [4.78, 5) is 12.8. The van der Waals surface area contributed by atoms with Gasteiger partial charge in [-0.2, -0.15) is 5.10 Å². The van der Waals surface area contributed by atoms with E-state index in [9.17, 15) is 4.79 Å². The molecule has 2 aromatic carbocycles. The molecule has 0 fully saturated rings. The molecule has 0 atom stereocenters. The van der Waals surface area contributed by atoms with Crippen molar-refractivity contribution in [1.29, 1.82) is 0 Å². The maximum atomic E-state index is 12.8. The predicted molar refractivity (Wildman–Crippen MR) is 102 cm³/mol. The van der Waals surface area contributed by atoms with Crippen molar-refractivity contribution in [2.45, 2.75) is 6.92 Å². The van der Waals surface area contributed by atoms with E-state index < -0.39 is 0 Å². The zero-order valence-corrected chi connectivity index (χ0v) is 14.8. The van der Waals surface area contributed by atoms with Crippen molar-refractivity contribution in [3.8, 4) is 16.9 Å². The smallest absolute Gasteiger partial charge is 0.261 e. The van der Waals surface area contributed by atoms with Crippen LogP contribution in [0.1, 0.15) is 15.9 Å². The zero-order chi connectivity index (χ0) is 17.9. The maximum Gasteiger partial charge on any atom is 0.261 e. The first kappa shape index (κ1) is 16.2. The molecule has 4 rings (SSSR count). The highest BCUT2D eigenvalue weighted by molar-refractivity contribution is 7.13. The molecule has 2 aromatic heterocycles. The van der Waals surface area contributed by atoms with Gasteiger partial charge >= 0.3 is 0 Å². The topological polar surface area (TPSA) is 72.7 Å². The van der Waals surface area contributed by atoms with Gasteiger partial charge in [0.05, 0.1) is 11.3 Å². The van der Waals surface area contributed by atoms with Crippen molar-refractivity contribution in [1.82, 2.24) is 20.0 Å². The molecule has 7 heteroatoms. The lowest BCUT2D eigenvalue weighted by molar-refractivity contribution is 0.102. The van der Waals surface area contributed by atoms with Gasteiger partial charge in [0.15, 0.2) is 0 Å². The number of rotatable bonds is 4. The summed E-state index contributed by atoms with van der Waals surface area (Å²) < 4.78 is 1.72. The van der Waals surface area contributed by atoms with Crippen LogP contribution in [-0.4, -0.2) is 25.9 Å². The summed E-state index contributed by atoms with van der Waals surface area (Å²) in [6.45, 7) is 2.03. The number of hydrogen-bond donors (Lipinski definition) is 1. The van der Waals surface area contributed by atoms with E-state index in [0.29, 0.717) is 16.4 Å². The molecule has 1 amide bonds. The van der Waals surface area contributed by atoms with Crippen LogP contribution < -0.4 is 5.32 Å². The molecule has 0 aliphatic rings. The lowest BCUT2D eigenvalue weighted by atomic mass is 10.1. The fraction of sp³-hybridized carbons (Fsp3) is 0.0526. The van der Waals surface area contributed by atoms with E-state index >= 15 is 0 Å². The third kappa shape index (κ3) is 3.25. The fourth-order valence-corrected chi connectivity index (χ4v) is 3.01. The second kappa shape index (κ2) is 6.89. The quantitative estimate of drug-likeness (QED) is 0.597. The summed E-state index contributed by atoms with van der Waals surface area (Å²) in [5.41, 5.74) is 5.60. The van der Waals surface area contributed by atoms with Crippen molar-refractivity contribution >= 4 is 22.4 Å². The predicted octanol–water partition coefficient (Wildman–Crippen LogP) is 3.95. The molecule has 0 spiro atoms. The number of benzene rings is 2. The molecule has 26 heavy (non-hydrogen) atoms. The Hall–Kier alpha value is -3.32. The number of amides is 1. The van der Waals surface area contributed by atoms with E-state index in [2.05, 4.69) is 20.6 Å². The third-order valence-electron chi connectivity index (χ3n) is 3.89. The van der Waals surface area contributed by atoms with Crippen molar-refractivity contribution in [3.63, 3.8) is 0 Å². The van der Waals surface area contributed by atoms with Crippen LogP contribution in [0, 0.1) is 6.92 Å². The third-order valence-corrected chi connectivity index (χ3v) is 4.49. The Balaban J connectivity index is 1.77. The molecular formula is C19H15N5OS. The van der Waals surface area contributed by atoms with Gasteiger partial charge < -0.3 is 0 Å². The van der Waals surface area contributed by atoms with Crippen molar-refractivity contribution in [2.24, 2.45) is 0 Å². The van der Waals surface area contributed by atoms with Crippen LogP contribution in [0.15, 0.2) is 66.3 Å². The Labute approximate surface area is 154 Å². The highest BCUT2D eigenvalue weighted by Crippen LogP contribution is 2.25. The Bertz CT molecular complexity index is 1020. The molecule has 2 heterocycles. The number of nitrogens with one attached hydrogen (secondary N) is 1. The number of carbonyl (C=O) groups is 1. The summed E-state index contributed by atoms with van der Waals surface area (Å²) in [7, 11) is 0. The van der Waals surface area contributed by atoms with Gasteiger partial charge in [0.2, 0.25) is 5.13 Å². The van der Waals surface area contributed by atoms with E-state index in [4.69, 9.17) is 0 Å². The van der Waals surface area contributed by atoms with Gasteiger partial charge in [-0.05, 0) is 19.1 Å². The molecule has 0 saturated heterocycles. The highest BCUT2D eigenvalue weighted by atomic mass is 32.1.